The van der Waals surface area contributed by atoms with Crippen molar-refractivity contribution in [1.29, 1.82) is 0 Å². The van der Waals surface area contributed by atoms with E-state index in [1.54, 1.807) is 39.9 Å². The van der Waals surface area contributed by atoms with Gasteiger partial charge in [0.25, 0.3) is 0 Å². The normalized spacial score (nSPS) is 21.4. The molecule has 1 aliphatic carbocycles. The molecule has 3 aromatic rings. The van der Waals surface area contributed by atoms with Gasteiger partial charge in [-0.2, -0.15) is 0 Å². The molecule has 0 spiro atoms. The second kappa shape index (κ2) is 10.9. The summed E-state index contributed by atoms with van der Waals surface area (Å²) in [7, 11) is 0. The number of rotatable bonds is 4. The fourth-order valence-electron chi connectivity index (χ4n) is 6.00. The van der Waals surface area contributed by atoms with Crippen LogP contribution >= 0.6 is 23.2 Å². The van der Waals surface area contributed by atoms with Gasteiger partial charge in [-0.25, -0.2) is 18.9 Å². The van der Waals surface area contributed by atoms with Crippen LogP contribution in [0.5, 0.6) is 5.88 Å². The lowest BCUT2D eigenvalue weighted by Crippen LogP contribution is -2.42. The van der Waals surface area contributed by atoms with Crippen molar-refractivity contribution in [3.8, 4) is 11.6 Å². The number of fused-ring (bicyclic) bond motifs is 2. The number of benzene rings is 2. The molecule has 2 aromatic carbocycles. The van der Waals surface area contributed by atoms with E-state index in [1.165, 1.54) is 38.3 Å². The van der Waals surface area contributed by atoms with Crippen LogP contribution in [-0.2, 0) is 11.3 Å². The van der Waals surface area contributed by atoms with Crippen LogP contribution in [0.25, 0.3) is 17.3 Å². The summed E-state index contributed by atoms with van der Waals surface area (Å²) in [6.45, 7) is 3.55. The van der Waals surface area contributed by atoms with Crippen LogP contribution < -0.4 is 10.2 Å². The minimum Gasteiger partial charge on any atom is -0.388 e. The van der Waals surface area contributed by atoms with E-state index in [-0.39, 0.29) is 30.7 Å². The highest BCUT2D eigenvalue weighted by atomic mass is 35.5. The lowest BCUT2D eigenvalue weighted by Gasteiger charge is -2.29. The molecule has 11 heteroatoms. The minimum absolute atomic E-state index is 0.0777. The summed E-state index contributed by atoms with van der Waals surface area (Å²) in [5.74, 6) is 0.782. The number of nitrogens with one attached hydrogen (secondary N) is 1. The first-order chi connectivity index (χ1) is 19.2. The molecule has 2 amide bonds. The molecule has 1 saturated carbocycles. The molecule has 0 bridgehead atoms. The molecule has 2 fully saturated rings. The van der Waals surface area contributed by atoms with Gasteiger partial charge in [0.1, 0.15) is 5.82 Å². The Morgan fingerprint density at radius 3 is 2.48 bits per heavy atom. The molecule has 1 aromatic heterocycles. The number of carbonyl (C=O) groups excluding carboxylic acids is 2. The second-order valence-corrected chi connectivity index (χ2v) is 11.4. The van der Waals surface area contributed by atoms with Gasteiger partial charge in [0.15, 0.2) is 0 Å². The molecule has 2 atom stereocenters. The Bertz CT molecular complexity index is 1490. The van der Waals surface area contributed by atoms with Crippen LogP contribution in [0.1, 0.15) is 43.0 Å². The second-order valence-electron chi connectivity index (χ2n) is 10.6. The summed E-state index contributed by atoms with van der Waals surface area (Å²) in [5, 5.41) is 7.41. The van der Waals surface area contributed by atoms with E-state index >= 15 is 0 Å². The molecule has 8 nitrogen and oxygen atoms in total. The maximum atomic E-state index is 13.6. The third-order valence-electron chi connectivity index (χ3n) is 7.92. The van der Waals surface area contributed by atoms with E-state index in [1.807, 2.05) is 11.1 Å². The highest BCUT2D eigenvalue weighted by Crippen LogP contribution is 2.39. The largest absolute Gasteiger partial charge is 0.428 e. The number of ether oxygens (including phenoxy) is 1. The first kappa shape index (κ1) is 26.8. The van der Waals surface area contributed by atoms with Crippen molar-refractivity contribution in [2.24, 2.45) is 11.8 Å². The summed E-state index contributed by atoms with van der Waals surface area (Å²) in [5.41, 5.74) is 6.08. The molecular weight excluding hydrogens is 556 g/mol. The zero-order chi connectivity index (χ0) is 28.0. The number of carbonyl (C=O) groups is 2. The minimum atomic E-state index is -0.640. The van der Waals surface area contributed by atoms with Gasteiger partial charge in [-0.05, 0) is 72.2 Å². The number of aromatic nitrogens is 2. The number of hydrogen-bond acceptors (Lipinski definition) is 5. The molecule has 2 aliphatic heterocycles. The topological polar surface area (TPSA) is 79.7 Å². The maximum absolute atomic E-state index is 13.6. The third kappa shape index (κ3) is 5.33. The van der Waals surface area contributed by atoms with Crippen molar-refractivity contribution in [2.75, 3.05) is 19.6 Å². The van der Waals surface area contributed by atoms with Gasteiger partial charge in [-0.15, -0.1) is 5.10 Å². The fourth-order valence-corrected chi connectivity index (χ4v) is 6.49. The Balaban J connectivity index is 1.40. The number of hydrogen-bond donors (Lipinski definition) is 1. The molecule has 3 aliphatic rings. The molecule has 0 radical (unpaired) electrons. The molecule has 1 saturated heterocycles. The van der Waals surface area contributed by atoms with Crippen molar-refractivity contribution in [3.63, 3.8) is 0 Å². The van der Waals surface area contributed by atoms with Crippen LogP contribution in [0.2, 0.25) is 10.0 Å². The molecule has 2 unspecified atom stereocenters. The smallest absolute Gasteiger partial charge is 0.388 e. The Labute approximate surface area is 241 Å². The fraction of sp³-hybridized carbons (Fsp3) is 0.345. The number of hydrazine groups is 1. The molecule has 208 valence electrons. The molecule has 3 heterocycles. The van der Waals surface area contributed by atoms with Gasteiger partial charge in [-0.3, -0.25) is 10.2 Å². The van der Waals surface area contributed by atoms with Crippen molar-refractivity contribution in [1.82, 2.24) is 25.1 Å². The third-order valence-corrected chi connectivity index (χ3v) is 8.46. The van der Waals surface area contributed by atoms with E-state index in [0.717, 1.165) is 24.2 Å². The van der Waals surface area contributed by atoms with Crippen LogP contribution in [0.3, 0.4) is 0 Å². The van der Waals surface area contributed by atoms with Crippen LogP contribution in [0.4, 0.5) is 9.18 Å². The lowest BCUT2D eigenvalue weighted by atomic mass is 9.99. The van der Waals surface area contributed by atoms with E-state index in [9.17, 15) is 14.0 Å². The van der Waals surface area contributed by atoms with Gasteiger partial charge in [0.05, 0.1) is 28.5 Å². The van der Waals surface area contributed by atoms with Gasteiger partial charge < -0.3 is 9.64 Å². The van der Waals surface area contributed by atoms with Gasteiger partial charge in [-0.1, -0.05) is 41.8 Å². The molecule has 6 rings (SSSR count). The van der Waals surface area contributed by atoms with Gasteiger partial charge in [0, 0.05) is 31.6 Å². The van der Waals surface area contributed by atoms with Gasteiger partial charge >= 0.3 is 6.09 Å². The van der Waals surface area contributed by atoms with Crippen molar-refractivity contribution in [2.45, 2.75) is 32.7 Å². The number of nitrogens with zero attached hydrogens (tertiary/aromatic N) is 4. The summed E-state index contributed by atoms with van der Waals surface area (Å²) in [4.78, 5) is 27.2. The summed E-state index contributed by atoms with van der Waals surface area (Å²) in [6, 6.07) is 11.1. The predicted octanol–water partition coefficient (Wildman–Crippen LogP) is 5.96. The average Bonchev–Trinajstić information content (AvgIpc) is 3.59. The maximum Gasteiger partial charge on any atom is 0.428 e. The lowest BCUT2D eigenvalue weighted by molar-refractivity contribution is -0.128. The van der Waals surface area contributed by atoms with Crippen molar-refractivity contribution < 1.29 is 18.7 Å². The predicted molar refractivity (Wildman–Crippen MR) is 151 cm³/mol. The van der Waals surface area contributed by atoms with Crippen LogP contribution in [0, 0.1) is 17.7 Å². The molecule has 40 heavy (non-hydrogen) atoms. The first-order valence-corrected chi connectivity index (χ1v) is 14.0. The Morgan fingerprint density at radius 1 is 1.07 bits per heavy atom. The highest BCUT2D eigenvalue weighted by Gasteiger charge is 2.37. The molecule has 1 N–H and O–H groups in total. The highest BCUT2D eigenvalue weighted by molar-refractivity contribution is 6.35. The number of amides is 2. The quantitative estimate of drug-likeness (QED) is 0.410. The summed E-state index contributed by atoms with van der Waals surface area (Å²) < 4.78 is 21.0. The zero-order valence-corrected chi connectivity index (χ0v) is 23.4. The SMILES string of the molecule is CC(=O)N1C/C(=C\c2ccc(F)cc2)c2c(c(OC(=O)NN3CC4CCCC4C3)nn2-c2ccc(Cl)cc2Cl)C1. The monoisotopic (exact) mass is 583 g/mol. The van der Waals surface area contributed by atoms with Crippen molar-refractivity contribution >= 4 is 46.9 Å². The van der Waals surface area contributed by atoms with Crippen molar-refractivity contribution in [3.05, 3.63) is 75.1 Å². The molecular formula is C29H28Cl2FN5O3. The standard InChI is InChI=1S/C29H28Cl2FN5O3/c1-17(38)35-13-21(11-18-5-8-23(32)9-6-18)27-24(16-35)28(33-37(27)26-10-7-22(30)12-25(26)31)40-29(39)34-36-14-19-3-2-4-20(19)15-36/h5-12,19-20H,2-4,13-16H2,1H3,(H,34,39)/b21-11+. The van der Waals surface area contributed by atoms with Crippen LogP contribution in [-0.4, -0.2) is 51.3 Å². The Kier molecular flexibility index (Phi) is 7.29. The van der Waals surface area contributed by atoms with E-state index < -0.39 is 6.09 Å². The Hall–Kier alpha value is -3.40. The summed E-state index contributed by atoms with van der Waals surface area (Å²) >= 11 is 12.7. The van der Waals surface area contributed by atoms with Gasteiger partial charge in [0.2, 0.25) is 11.8 Å². The summed E-state index contributed by atoms with van der Waals surface area (Å²) in [6.07, 6.45) is 4.83. The van der Waals surface area contributed by atoms with E-state index in [4.69, 9.17) is 27.9 Å². The average molecular weight is 584 g/mol. The number of halogens is 3. The van der Waals surface area contributed by atoms with E-state index in [2.05, 4.69) is 10.5 Å². The zero-order valence-electron chi connectivity index (χ0n) is 21.9. The van der Waals surface area contributed by atoms with E-state index in [0.29, 0.717) is 38.8 Å². The van der Waals surface area contributed by atoms with Crippen LogP contribution in [0.15, 0.2) is 42.5 Å². The first-order valence-electron chi connectivity index (χ1n) is 13.3. The Morgan fingerprint density at radius 2 is 1.80 bits per heavy atom.